The maximum absolute atomic E-state index is 12.5. The maximum atomic E-state index is 12.5. The molecule has 0 aliphatic heterocycles. The standard InChI is InChI=1S/C12H16F3N7S/c1-3-22-7-19-21-9(22)4-17-11(16-2)18-5-10-20-8(6-23-10)12(13,14)15/h6-7H,3-5H2,1-2H3,(H2,16,17,18). The van der Waals surface area contributed by atoms with Crippen LogP contribution in [-0.2, 0) is 25.8 Å². The molecule has 0 saturated carbocycles. The van der Waals surface area contributed by atoms with Gasteiger partial charge in [0.05, 0.1) is 13.1 Å². The van der Waals surface area contributed by atoms with E-state index in [0.717, 1.165) is 29.1 Å². The number of thiazole rings is 1. The summed E-state index contributed by atoms with van der Waals surface area (Å²) < 4.78 is 39.3. The molecule has 0 aliphatic carbocycles. The second-order valence-electron chi connectivity index (χ2n) is 4.44. The van der Waals surface area contributed by atoms with Gasteiger partial charge in [0, 0.05) is 19.0 Å². The minimum Gasteiger partial charge on any atom is -0.350 e. The normalized spacial score (nSPS) is 12.5. The van der Waals surface area contributed by atoms with E-state index in [4.69, 9.17) is 0 Å². The number of guanidine groups is 1. The molecule has 7 nitrogen and oxygen atoms in total. The van der Waals surface area contributed by atoms with Crippen LogP contribution < -0.4 is 10.6 Å². The molecule has 0 bridgehead atoms. The number of aromatic nitrogens is 4. The van der Waals surface area contributed by atoms with Gasteiger partial charge in [0.15, 0.2) is 17.5 Å². The predicted molar refractivity (Wildman–Crippen MR) is 79.9 cm³/mol. The summed E-state index contributed by atoms with van der Waals surface area (Å²) in [4.78, 5) is 7.55. The van der Waals surface area contributed by atoms with Crippen molar-refractivity contribution in [3.8, 4) is 0 Å². The first-order valence-corrected chi connectivity index (χ1v) is 7.64. The fraction of sp³-hybridized carbons (Fsp3) is 0.500. The first-order valence-electron chi connectivity index (χ1n) is 6.76. The Morgan fingerprint density at radius 1 is 1.35 bits per heavy atom. The third-order valence-corrected chi connectivity index (χ3v) is 3.77. The van der Waals surface area contributed by atoms with E-state index in [1.165, 1.54) is 0 Å². The number of nitrogens with one attached hydrogen (secondary N) is 2. The molecule has 0 atom stereocenters. The Morgan fingerprint density at radius 3 is 2.70 bits per heavy atom. The van der Waals surface area contributed by atoms with Crippen molar-refractivity contribution in [2.45, 2.75) is 32.7 Å². The van der Waals surface area contributed by atoms with Crippen molar-refractivity contribution in [3.63, 3.8) is 0 Å². The Balaban J connectivity index is 1.87. The molecule has 2 heterocycles. The number of aryl methyl sites for hydroxylation is 1. The molecule has 2 N–H and O–H groups in total. The lowest BCUT2D eigenvalue weighted by molar-refractivity contribution is -0.140. The minimum atomic E-state index is -4.42. The van der Waals surface area contributed by atoms with Gasteiger partial charge in [0.1, 0.15) is 11.3 Å². The Bertz CT molecular complexity index is 662. The predicted octanol–water partition coefficient (Wildman–Crippen LogP) is 1.64. The topological polar surface area (TPSA) is 80.0 Å². The molecule has 0 aliphatic rings. The smallest absolute Gasteiger partial charge is 0.350 e. The summed E-state index contributed by atoms with van der Waals surface area (Å²) in [5, 5.41) is 15.1. The third-order valence-electron chi connectivity index (χ3n) is 2.92. The van der Waals surface area contributed by atoms with Crippen molar-refractivity contribution < 1.29 is 13.2 Å². The van der Waals surface area contributed by atoms with Crippen molar-refractivity contribution in [1.82, 2.24) is 30.4 Å². The largest absolute Gasteiger partial charge is 0.434 e. The van der Waals surface area contributed by atoms with Crippen LogP contribution >= 0.6 is 11.3 Å². The van der Waals surface area contributed by atoms with Crippen LogP contribution in [0.25, 0.3) is 0 Å². The molecule has 2 aromatic heterocycles. The summed E-state index contributed by atoms with van der Waals surface area (Å²) in [6, 6.07) is 0. The fourth-order valence-corrected chi connectivity index (χ4v) is 2.49. The van der Waals surface area contributed by atoms with E-state index in [2.05, 4.69) is 30.8 Å². The number of alkyl halides is 3. The van der Waals surface area contributed by atoms with Gasteiger partial charge in [-0.05, 0) is 6.92 Å². The quantitative estimate of drug-likeness (QED) is 0.635. The van der Waals surface area contributed by atoms with Crippen LogP contribution in [0.1, 0.15) is 23.4 Å². The molecular formula is C12H16F3N7S. The summed E-state index contributed by atoms with van der Waals surface area (Å²) in [7, 11) is 1.57. The zero-order chi connectivity index (χ0) is 16.9. The lowest BCUT2D eigenvalue weighted by Crippen LogP contribution is -2.37. The highest BCUT2D eigenvalue weighted by Crippen LogP contribution is 2.29. The summed E-state index contributed by atoms with van der Waals surface area (Å²) in [6.07, 6.45) is -2.79. The van der Waals surface area contributed by atoms with E-state index >= 15 is 0 Å². The zero-order valence-corrected chi connectivity index (χ0v) is 13.4. The number of nitrogens with zero attached hydrogens (tertiary/aromatic N) is 5. The Hall–Kier alpha value is -2.17. The van der Waals surface area contributed by atoms with Crippen LogP contribution in [0, 0.1) is 0 Å². The molecule has 0 fully saturated rings. The molecule has 11 heteroatoms. The van der Waals surface area contributed by atoms with E-state index in [1.807, 2.05) is 11.5 Å². The van der Waals surface area contributed by atoms with Crippen molar-refractivity contribution in [2.75, 3.05) is 7.05 Å². The number of hydrogen-bond donors (Lipinski definition) is 2. The highest BCUT2D eigenvalue weighted by atomic mass is 32.1. The van der Waals surface area contributed by atoms with Crippen LogP contribution in [-0.4, -0.2) is 32.8 Å². The third kappa shape index (κ3) is 4.65. The zero-order valence-electron chi connectivity index (χ0n) is 12.6. The van der Waals surface area contributed by atoms with E-state index in [1.54, 1.807) is 13.4 Å². The number of rotatable bonds is 5. The Labute approximate surface area is 134 Å². The lowest BCUT2D eigenvalue weighted by Gasteiger charge is -2.10. The lowest BCUT2D eigenvalue weighted by atomic mass is 10.5. The molecular weight excluding hydrogens is 331 g/mol. The van der Waals surface area contributed by atoms with Gasteiger partial charge < -0.3 is 15.2 Å². The summed E-state index contributed by atoms with van der Waals surface area (Å²) in [6.45, 7) is 3.27. The van der Waals surface area contributed by atoms with Gasteiger partial charge in [-0.3, -0.25) is 4.99 Å². The molecule has 2 aromatic rings. The van der Waals surface area contributed by atoms with Crippen LogP contribution in [0.2, 0.25) is 0 Å². The number of hydrogen-bond acceptors (Lipinski definition) is 5. The summed E-state index contributed by atoms with van der Waals surface area (Å²) in [5.74, 6) is 1.18. The molecule has 0 amide bonds. The summed E-state index contributed by atoms with van der Waals surface area (Å²) in [5.41, 5.74) is -0.877. The molecule has 126 valence electrons. The van der Waals surface area contributed by atoms with Crippen LogP contribution in [0.15, 0.2) is 16.7 Å². The van der Waals surface area contributed by atoms with Gasteiger partial charge in [-0.2, -0.15) is 13.2 Å². The second-order valence-corrected chi connectivity index (χ2v) is 5.38. The van der Waals surface area contributed by atoms with Crippen molar-refractivity contribution >= 4 is 17.3 Å². The van der Waals surface area contributed by atoms with Crippen LogP contribution in [0.3, 0.4) is 0 Å². The molecule has 0 saturated heterocycles. The second kappa shape index (κ2) is 7.40. The first-order chi connectivity index (χ1) is 10.9. The highest BCUT2D eigenvalue weighted by Gasteiger charge is 2.33. The summed E-state index contributed by atoms with van der Waals surface area (Å²) >= 11 is 0.948. The first kappa shape index (κ1) is 17.2. The highest BCUT2D eigenvalue weighted by molar-refractivity contribution is 7.09. The van der Waals surface area contributed by atoms with Gasteiger partial charge >= 0.3 is 6.18 Å². The van der Waals surface area contributed by atoms with Crippen LogP contribution in [0.5, 0.6) is 0 Å². The maximum Gasteiger partial charge on any atom is 0.434 e. The monoisotopic (exact) mass is 347 g/mol. The number of halogens is 3. The molecule has 0 unspecified atom stereocenters. The SMILES string of the molecule is CCn1cnnc1CNC(=NC)NCc1nc(C(F)(F)F)cs1. The van der Waals surface area contributed by atoms with Gasteiger partial charge in [0.2, 0.25) is 0 Å². The van der Waals surface area contributed by atoms with E-state index in [9.17, 15) is 13.2 Å². The van der Waals surface area contributed by atoms with Crippen molar-refractivity contribution in [3.05, 3.63) is 28.2 Å². The molecule has 2 rings (SSSR count). The molecule has 0 aromatic carbocycles. The average molecular weight is 347 g/mol. The van der Waals surface area contributed by atoms with E-state index in [0.29, 0.717) is 17.5 Å². The molecule has 23 heavy (non-hydrogen) atoms. The Morgan fingerprint density at radius 2 is 2.09 bits per heavy atom. The van der Waals surface area contributed by atoms with Gasteiger partial charge in [0.25, 0.3) is 0 Å². The molecule has 0 spiro atoms. The molecule has 0 radical (unpaired) electrons. The van der Waals surface area contributed by atoms with Crippen molar-refractivity contribution in [1.29, 1.82) is 0 Å². The average Bonchev–Trinajstić information content (AvgIpc) is 3.15. The minimum absolute atomic E-state index is 0.154. The number of aliphatic imine (C=N–C) groups is 1. The van der Waals surface area contributed by atoms with Gasteiger partial charge in [-0.25, -0.2) is 4.98 Å². The Kier molecular flexibility index (Phi) is 5.53. The van der Waals surface area contributed by atoms with Gasteiger partial charge in [-0.15, -0.1) is 21.5 Å². The van der Waals surface area contributed by atoms with E-state index < -0.39 is 11.9 Å². The van der Waals surface area contributed by atoms with Crippen molar-refractivity contribution in [2.24, 2.45) is 4.99 Å². The van der Waals surface area contributed by atoms with Gasteiger partial charge in [-0.1, -0.05) is 0 Å². The fourth-order valence-electron chi connectivity index (χ4n) is 1.74. The van der Waals surface area contributed by atoms with E-state index in [-0.39, 0.29) is 6.54 Å². The van der Waals surface area contributed by atoms with Crippen LogP contribution in [0.4, 0.5) is 13.2 Å².